The van der Waals surface area contributed by atoms with E-state index in [0.717, 1.165) is 16.6 Å². The van der Waals surface area contributed by atoms with Crippen LogP contribution in [0.4, 0.5) is 4.39 Å². The molecule has 0 bridgehead atoms. The first kappa shape index (κ1) is 13.2. The maximum atomic E-state index is 13.1. The second kappa shape index (κ2) is 6.12. The molecule has 0 aromatic heterocycles. The standard InChI is InChI=1S/C15H15BrFN/c1-11-3-2-4-12(7-11)9-18-10-13-8-14(17)5-6-15(13)16/h2-8,18H,9-10H2,1H3. The molecule has 2 rings (SSSR count). The monoisotopic (exact) mass is 307 g/mol. The molecule has 1 nitrogen and oxygen atoms in total. The van der Waals surface area contributed by atoms with Gasteiger partial charge in [0.1, 0.15) is 5.82 Å². The molecule has 1 N–H and O–H groups in total. The summed E-state index contributed by atoms with van der Waals surface area (Å²) in [5, 5.41) is 3.32. The Bertz CT molecular complexity index is 540. The fourth-order valence-electron chi connectivity index (χ4n) is 1.84. The maximum absolute atomic E-state index is 13.1. The van der Waals surface area contributed by atoms with E-state index >= 15 is 0 Å². The number of hydrogen-bond donors (Lipinski definition) is 1. The fourth-order valence-corrected chi connectivity index (χ4v) is 2.23. The van der Waals surface area contributed by atoms with Crippen molar-refractivity contribution < 1.29 is 4.39 Å². The van der Waals surface area contributed by atoms with Crippen molar-refractivity contribution in [2.75, 3.05) is 0 Å². The molecule has 0 saturated carbocycles. The molecule has 0 aliphatic rings. The van der Waals surface area contributed by atoms with Crippen molar-refractivity contribution in [3.8, 4) is 0 Å². The molecule has 18 heavy (non-hydrogen) atoms. The van der Waals surface area contributed by atoms with Gasteiger partial charge >= 0.3 is 0 Å². The minimum absolute atomic E-state index is 0.203. The number of hydrogen-bond acceptors (Lipinski definition) is 1. The molecule has 0 fully saturated rings. The molecule has 0 heterocycles. The molecule has 0 spiro atoms. The molecular weight excluding hydrogens is 293 g/mol. The van der Waals surface area contributed by atoms with Gasteiger partial charge in [0, 0.05) is 17.6 Å². The third kappa shape index (κ3) is 3.65. The lowest BCUT2D eigenvalue weighted by Crippen LogP contribution is -2.13. The fraction of sp³-hybridized carbons (Fsp3) is 0.200. The van der Waals surface area contributed by atoms with Gasteiger partial charge in [0.15, 0.2) is 0 Å². The normalized spacial score (nSPS) is 10.6. The Morgan fingerprint density at radius 2 is 1.94 bits per heavy atom. The van der Waals surface area contributed by atoms with E-state index in [1.54, 1.807) is 12.1 Å². The van der Waals surface area contributed by atoms with E-state index in [2.05, 4.69) is 46.4 Å². The Morgan fingerprint density at radius 3 is 2.72 bits per heavy atom. The molecule has 0 amide bonds. The molecule has 2 aromatic rings. The van der Waals surface area contributed by atoms with Gasteiger partial charge in [-0.2, -0.15) is 0 Å². The van der Waals surface area contributed by atoms with Gasteiger partial charge in [-0.3, -0.25) is 0 Å². The zero-order chi connectivity index (χ0) is 13.0. The van der Waals surface area contributed by atoms with Crippen molar-refractivity contribution >= 4 is 15.9 Å². The Balaban J connectivity index is 1.94. The van der Waals surface area contributed by atoms with Crippen molar-refractivity contribution in [2.45, 2.75) is 20.0 Å². The largest absolute Gasteiger partial charge is 0.309 e. The van der Waals surface area contributed by atoms with Crippen LogP contribution in [-0.4, -0.2) is 0 Å². The zero-order valence-corrected chi connectivity index (χ0v) is 11.8. The molecule has 0 aliphatic heterocycles. The Hall–Kier alpha value is -1.19. The third-order valence-corrected chi connectivity index (χ3v) is 3.51. The van der Waals surface area contributed by atoms with E-state index < -0.39 is 0 Å². The van der Waals surface area contributed by atoms with E-state index in [4.69, 9.17) is 0 Å². The highest BCUT2D eigenvalue weighted by atomic mass is 79.9. The summed E-state index contributed by atoms with van der Waals surface area (Å²) >= 11 is 3.42. The van der Waals surface area contributed by atoms with E-state index in [-0.39, 0.29) is 5.82 Å². The van der Waals surface area contributed by atoms with Crippen LogP contribution in [0, 0.1) is 12.7 Å². The number of aryl methyl sites for hydroxylation is 1. The second-order valence-electron chi connectivity index (χ2n) is 4.33. The smallest absolute Gasteiger partial charge is 0.123 e. The lowest BCUT2D eigenvalue weighted by molar-refractivity contribution is 0.619. The summed E-state index contributed by atoms with van der Waals surface area (Å²) in [6.07, 6.45) is 0. The Labute approximate surface area is 115 Å². The van der Waals surface area contributed by atoms with Crippen LogP contribution in [0.3, 0.4) is 0 Å². The molecule has 94 valence electrons. The Kier molecular flexibility index (Phi) is 4.50. The van der Waals surface area contributed by atoms with Crippen LogP contribution in [0.5, 0.6) is 0 Å². The number of rotatable bonds is 4. The minimum atomic E-state index is -0.203. The van der Waals surface area contributed by atoms with Gasteiger partial charge in [0.05, 0.1) is 0 Å². The summed E-state index contributed by atoms with van der Waals surface area (Å²) < 4.78 is 14.0. The molecule has 2 aromatic carbocycles. The number of halogens is 2. The SMILES string of the molecule is Cc1cccc(CNCc2cc(F)ccc2Br)c1. The molecule has 0 radical (unpaired) electrons. The average Bonchev–Trinajstić information content (AvgIpc) is 2.34. The molecule has 3 heteroatoms. The minimum Gasteiger partial charge on any atom is -0.309 e. The van der Waals surface area contributed by atoms with Gasteiger partial charge in [0.2, 0.25) is 0 Å². The lowest BCUT2D eigenvalue weighted by Gasteiger charge is -2.08. The summed E-state index contributed by atoms with van der Waals surface area (Å²) in [6, 6.07) is 13.1. The summed E-state index contributed by atoms with van der Waals surface area (Å²) in [5.41, 5.74) is 3.42. The number of benzene rings is 2. The zero-order valence-electron chi connectivity index (χ0n) is 10.2. The van der Waals surface area contributed by atoms with Crippen molar-refractivity contribution in [3.05, 3.63) is 69.4 Å². The topological polar surface area (TPSA) is 12.0 Å². The van der Waals surface area contributed by atoms with Crippen LogP contribution >= 0.6 is 15.9 Å². The summed E-state index contributed by atoms with van der Waals surface area (Å²) in [4.78, 5) is 0. The van der Waals surface area contributed by atoms with Crippen LogP contribution < -0.4 is 5.32 Å². The third-order valence-electron chi connectivity index (χ3n) is 2.73. The van der Waals surface area contributed by atoms with E-state index in [1.807, 2.05) is 6.07 Å². The van der Waals surface area contributed by atoms with Crippen LogP contribution in [0.2, 0.25) is 0 Å². The van der Waals surface area contributed by atoms with Crippen LogP contribution in [-0.2, 0) is 13.1 Å². The number of nitrogens with one attached hydrogen (secondary N) is 1. The average molecular weight is 308 g/mol. The first-order valence-electron chi connectivity index (χ1n) is 5.85. The van der Waals surface area contributed by atoms with Crippen LogP contribution in [0.25, 0.3) is 0 Å². The van der Waals surface area contributed by atoms with Crippen molar-refractivity contribution in [1.29, 1.82) is 0 Å². The highest BCUT2D eigenvalue weighted by Gasteiger charge is 2.01. The summed E-state index contributed by atoms with van der Waals surface area (Å²) in [7, 11) is 0. The molecule has 0 unspecified atom stereocenters. The second-order valence-corrected chi connectivity index (χ2v) is 5.18. The van der Waals surface area contributed by atoms with Gasteiger partial charge < -0.3 is 5.32 Å². The summed E-state index contributed by atoms with van der Waals surface area (Å²) in [6.45, 7) is 3.50. The summed E-state index contributed by atoms with van der Waals surface area (Å²) in [5.74, 6) is -0.203. The maximum Gasteiger partial charge on any atom is 0.123 e. The molecule has 0 saturated heterocycles. The van der Waals surface area contributed by atoms with Crippen molar-refractivity contribution in [2.24, 2.45) is 0 Å². The predicted octanol–water partition coefficient (Wildman–Crippen LogP) is 4.19. The van der Waals surface area contributed by atoms with Gasteiger partial charge in [-0.25, -0.2) is 4.39 Å². The van der Waals surface area contributed by atoms with Crippen LogP contribution in [0.1, 0.15) is 16.7 Å². The lowest BCUT2D eigenvalue weighted by atomic mass is 10.1. The van der Waals surface area contributed by atoms with Crippen molar-refractivity contribution in [1.82, 2.24) is 5.32 Å². The highest BCUT2D eigenvalue weighted by Crippen LogP contribution is 2.17. The van der Waals surface area contributed by atoms with Crippen molar-refractivity contribution in [3.63, 3.8) is 0 Å². The predicted molar refractivity (Wildman–Crippen MR) is 75.8 cm³/mol. The van der Waals surface area contributed by atoms with Gasteiger partial charge in [-0.05, 0) is 36.2 Å². The first-order valence-corrected chi connectivity index (χ1v) is 6.64. The quantitative estimate of drug-likeness (QED) is 0.893. The molecular formula is C15H15BrFN. The van der Waals surface area contributed by atoms with Gasteiger partial charge in [-0.15, -0.1) is 0 Å². The first-order chi connectivity index (χ1) is 8.65. The molecule has 0 aliphatic carbocycles. The van der Waals surface area contributed by atoms with Gasteiger partial charge in [-0.1, -0.05) is 45.8 Å². The van der Waals surface area contributed by atoms with E-state index in [1.165, 1.54) is 17.2 Å². The van der Waals surface area contributed by atoms with Crippen LogP contribution in [0.15, 0.2) is 46.9 Å². The Morgan fingerprint density at radius 1 is 1.11 bits per heavy atom. The van der Waals surface area contributed by atoms with E-state index in [0.29, 0.717) is 6.54 Å². The van der Waals surface area contributed by atoms with E-state index in [9.17, 15) is 4.39 Å². The van der Waals surface area contributed by atoms with Gasteiger partial charge in [0.25, 0.3) is 0 Å². The molecule has 0 atom stereocenters. The highest BCUT2D eigenvalue weighted by molar-refractivity contribution is 9.10.